The molecule has 0 aliphatic rings. The Balaban J connectivity index is 2.52. The summed E-state index contributed by atoms with van der Waals surface area (Å²) in [5, 5.41) is 8.10. The van der Waals surface area contributed by atoms with Gasteiger partial charge in [0, 0.05) is 15.9 Å². The molecule has 1 N–H and O–H groups in total. The second-order valence-electron chi connectivity index (χ2n) is 5.66. The average molecular weight is 318 g/mol. The molecule has 1 nitrogen and oxygen atoms in total. The largest absolute Gasteiger partial charge is 0.313 e. The van der Waals surface area contributed by atoms with Crippen LogP contribution in [-0.4, -0.2) is 12.6 Å². The summed E-state index contributed by atoms with van der Waals surface area (Å²) in [6, 6.07) is 0.592. The van der Waals surface area contributed by atoms with Crippen molar-refractivity contribution in [2.75, 3.05) is 6.54 Å². The van der Waals surface area contributed by atoms with Gasteiger partial charge in [-0.15, -0.1) is 0 Å². The van der Waals surface area contributed by atoms with E-state index < -0.39 is 0 Å². The number of halogens is 1. The predicted molar refractivity (Wildman–Crippen MR) is 81.9 cm³/mol. The minimum absolute atomic E-state index is 0.331. The van der Waals surface area contributed by atoms with Gasteiger partial charge in [-0.25, -0.2) is 0 Å². The smallest absolute Gasteiger partial charge is 0.0314 e. The van der Waals surface area contributed by atoms with Crippen LogP contribution >= 0.6 is 27.3 Å². The van der Waals surface area contributed by atoms with Gasteiger partial charge in [0.1, 0.15) is 0 Å². The summed E-state index contributed by atoms with van der Waals surface area (Å²) in [7, 11) is 0. The van der Waals surface area contributed by atoms with Crippen molar-refractivity contribution in [1.29, 1.82) is 0 Å². The molecule has 0 spiro atoms. The van der Waals surface area contributed by atoms with Crippen molar-refractivity contribution in [3.8, 4) is 0 Å². The molecule has 0 saturated carbocycles. The highest BCUT2D eigenvalue weighted by atomic mass is 79.9. The van der Waals surface area contributed by atoms with Crippen molar-refractivity contribution in [3.05, 3.63) is 20.8 Å². The van der Waals surface area contributed by atoms with Crippen LogP contribution in [0, 0.1) is 5.41 Å². The van der Waals surface area contributed by atoms with Crippen molar-refractivity contribution in [3.63, 3.8) is 0 Å². The summed E-state index contributed by atoms with van der Waals surface area (Å²) in [6.45, 7) is 10.3. The molecule has 0 bridgehead atoms. The lowest BCUT2D eigenvalue weighted by molar-refractivity contribution is 0.255. The van der Waals surface area contributed by atoms with E-state index in [2.05, 4.69) is 59.7 Å². The predicted octanol–water partition coefficient (Wildman–Crippen LogP) is 4.86. The molecule has 1 atom stereocenters. The third-order valence-corrected chi connectivity index (χ3v) is 4.91. The maximum absolute atomic E-state index is 3.68. The highest BCUT2D eigenvalue weighted by Gasteiger charge is 2.23. The fourth-order valence-corrected chi connectivity index (χ4v) is 3.48. The van der Waals surface area contributed by atoms with Crippen LogP contribution in [0.25, 0.3) is 0 Å². The summed E-state index contributed by atoms with van der Waals surface area (Å²) in [5.41, 5.74) is 1.78. The van der Waals surface area contributed by atoms with E-state index in [0.29, 0.717) is 11.5 Å². The molecule has 3 heteroatoms. The van der Waals surface area contributed by atoms with Crippen LogP contribution in [0.4, 0.5) is 0 Å². The Hall–Kier alpha value is 0.140. The van der Waals surface area contributed by atoms with Gasteiger partial charge in [0.2, 0.25) is 0 Å². The Labute approximate surface area is 118 Å². The monoisotopic (exact) mass is 317 g/mol. The molecular weight excluding hydrogens is 294 g/mol. The van der Waals surface area contributed by atoms with Crippen LogP contribution in [0.5, 0.6) is 0 Å². The Morgan fingerprint density at radius 2 is 2.06 bits per heavy atom. The van der Waals surface area contributed by atoms with Crippen LogP contribution in [-0.2, 0) is 6.42 Å². The SMILES string of the molecule is CCCNC(CCc1cscc1Br)C(C)(C)C. The maximum Gasteiger partial charge on any atom is 0.0314 e. The normalized spacial score (nSPS) is 13.9. The second kappa shape index (κ2) is 6.91. The average Bonchev–Trinajstić information content (AvgIpc) is 2.62. The van der Waals surface area contributed by atoms with Gasteiger partial charge in [-0.05, 0) is 58.1 Å². The summed E-state index contributed by atoms with van der Waals surface area (Å²) < 4.78 is 1.27. The highest BCUT2D eigenvalue weighted by Crippen LogP contribution is 2.27. The molecule has 1 aromatic rings. The van der Waals surface area contributed by atoms with Crippen LogP contribution in [0.3, 0.4) is 0 Å². The zero-order valence-corrected chi connectivity index (χ0v) is 13.7. The Morgan fingerprint density at radius 3 is 2.53 bits per heavy atom. The number of nitrogens with one attached hydrogen (secondary N) is 1. The molecular formula is C14H24BrNS. The Bertz CT molecular complexity index is 327. The number of hydrogen-bond donors (Lipinski definition) is 1. The minimum Gasteiger partial charge on any atom is -0.313 e. The first-order valence-corrected chi connectivity index (χ1v) is 8.12. The van der Waals surface area contributed by atoms with Gasteiger partial charge in [0.15, 0.2) is 0 Å². The molecule has 0 saturated heterocycles. The third-order valence-electron chi connectivity index (χ3n) is 3.08. The standard InChI is InChI=1S/C14H24BrNS/c1-5-8-16-13(14(2,3)4)7-6-11-9-17-10-12(11)15/h9-10,13,16H,5-8H2,1-4H3. The molecule has 1 unspecified atom stereocenters. The van der Waals surface area contributed by atoms with Crippen LogP contribution in [0.1, 0.15) is 46.1 Å². The van der Waals surface area contributed by atoms with Gasteiger partial charge in [0.05, 0.1) is 0 Å². The first-order valence-electron chi connectivity index (χ1n) is 6.39. The van der Waals surface area contributed by atoms with Crippen molar-refractivity contribution in [1.82, 2.24) is 5.32 Å². The van der Waals surface area contributed by atoms with Crippen molar-refractivity contribution < 1.29 is 0 Å². The van der Waals surface area contributed by atoms with Crippen molar-refractivity contribution in [2.45, 2.75) is 53.0 Å². The van der Waals surface area contributed by atoms with Crippen molar-refractivity contribution in [2.24, 2.45) is 5.41 Å². The molecule has 98 valence electrons. The quantitative estimate of drug-likeness (QED) is 0.790. The van der Waals surface area contributed by atoms with E-state index in [-0.39, 0.29) is 0 Å². The van der Waals surface area contributed by atoms with E-state index in [9.17, 15) is 0 Å². The number of aryl methyl sites for hydroxylation is 1. The minimum atomic E-state index is 0.331. The van der Waals surface area contributed by atoms with E-state index >= 15 is 0 Å². The molecule has 1 rings (SSSR count). The van der Waals surface area contributed by atoms with E-state index in [4.69, 9.17) is 0 Å². The highest BCUT2D eigenvalue weighted by molar-refractivity contribution is 9.10. The number of hydrogen-bond acceptors (Lipinski definition) is 2. The lowest BCUT2D eigenvalue weighted by Gasteiger charge is -2.31. The zero-order valence-electron chi connectivity index (χ0n) is 11.3. The lowest BCUT2D eigenvalue weighted by atomic mass is 9.83. The van der Waals surface area contributed by atoms with Gasteiger partial charge in [0.25, 0.3) is 0 Å². The molecule has 0 aromatic carbocycles. The summed E-state index contributed by atoms with van der Waals surface area (Å²) >= 11 is 5.39. The van der Waals surface area contributed by atoms with E-state index in [1.54, 1.807) is 11.3 Å². The Kier molecular flexibility index (Phi) is 6.18. The van der Waals surface area contributed by atoms with Gasteiger partial charge >= 0.3 is 0 Å². The summed E-state index contributed by atoms with van der Waals surface area (Å²) in [5.74, 6) is 0. The first-order chi connectivity index (χ1) is 7.95. The second-order valence-corrected chi connectivity index (χ2v) is 7.25. The van der Waals surface area contributed by atoms with Crippen LogP contribution < -0.4 is 5.32 Å². The summed E-state index contributed by atoms with van der Waals surface area (Å²) in [6.07, 6.45) is 3.57. The molecule has 17 heavy (non-hydrogen) atoms. The zero-order chi connectivity index (χ0) is 12.9. The fraction of sp³-hybridized carbons (Fsp3) is 0.714. The molecule has 1 heterocycles. The van der Waals surface area contributed by atoms with Crippen molar-refractivity contribution >= 4 is 27.3 Å². The van der Waals surface area contributed by atoms with E-state index in [1.807, 2.05) is 0 Å². The third kappa shape index (κ3) is 5.11. The maximum atomic E-state index is 3.68. The summed E-state index contributed by atoms with van der Waals surface area (Å²) in [4.78, 5) is 0. The van der Waals surface area contributed by atoms with Gasteiger partial charge in [-0.2, -0.15) is 11.3 Å². The molecule has 0 radical (unpaired) electrons. The van der Waals surface area contributed by atoms with Gasteiger partial charge < -0.3 is 5.32 Å². The fourth-order valence-electron chi connectivity index (χ4n) is 1.95. The first kappa shape index (κ1) is 15.2. The number of rotatable bonds is 6. The van der Waals surface area contributed by atoms with Crippen LogP contribution in [0.2, 0.25) is 0 Å². The Morgan fingerprint density at radius 1 is 1.35 bits per heavy atom. The molecule has 0 fully saturated rings. The van der Waals surface area contributed by atoms with Crippen LogP contribution in [0.15, 0.2) is 15.2 Å². The van der Waals surface area contributed by atoms with E-state index in [0.717, 1.165) is 13.0 Å². The van der Waals surface area contributed by atoms with Gasteiger partial charge in [-0.1, -0.05) is 27.7 Å². The molecule has 0 aliphatic heterocycles. The molecule has 0 aliphatic carbocycles. The van der Waals surface area contributed by atoms with E-state index in [1.165, 1.54) is 22.9 Å². The lowest BCUT2D eigenvalue weighted by Crippen LogP contribution is -2.41. The molecule has 1 aromatic heterocycles. The van der Waals surface area contributed by atoms with Gasteiger partial charge in [-0.3, -0.25) is 0 Å². The number of thiophene rings is 1. The topological polar surface area (TPSA) is 12.0 Å². The molecule has 0 amide bonds.